The van der Waals surface area contributed by atoms with Crippen molar-refractivity contribution < 1.29 is 14.7 Å². The van der Waals surface area contributed by atoms with Gasteiger partial charge in [-0.25, -0.2) is 9.48 Å². The Morgan fingerprint density at radius 2 is 2.10 bits per heavy atom. The average Bonchev–Trinajstić information content (AvgIpc) is 2.86. The third kappa shape index (κ3) is 2.47. The normalized spacial score (nSPS) is 14.8. The third-order valence-electron chi connectivity index (χ3n) is 3.37. The number of carboxylic acids is 1. The fraction of sp³-hybridized carbons (Fsp3) is 0.308. The van der Waals surface area contributed by atoms with Gasteiger partial charge in [-0.15, -0.1) is 5.10 Å². The van der Waals surface area contributed by atoms with E-state index < -0.39 is 5.97 Å². The van der Waals surface area contributed by atoms with Crippen molar-refractivity contribution in [3.63, 3.8) is 0 Å². The average molecular weight is 287 g/mol. The highest BCUT2D eigenvalue weighted by atomic mass is 16.4. The quantitative estimate of drug-likeness (QED) is 0.875. The summed E-state index contributed by atoms with van der Waals surface area (Å²) < 4.78 is 1.49. The van der Waals surface area contributed by atoms with E-state index in [0.717, 1.165) is 5.56 Å². The number of carbonyl (C=O) groups is 2. The van der Waals surface area contributed by atoms with Gasteiger partial charge in [0, 0.05) is 25.5 Å². The minimum atomic E-state index is -1.11. The van der Waals surface area contributed by atoms with Gasteiger partial charge < -0.3 is 10.0 Å². The number of hydrogen-bond acceptors (Lipinski definition) is 5. The molecule has 1 amide bonds. The van der Waals surface area contributed by atoms with Crippen molar-refractivity contribution in [1.82, 2.24) is 24.9 Å². The van der Waals surface area contributed by atoms with Crippen LogP contribution in [0, 0.1) is 6.92 Å². The second-order valence-electron chi connectivity index (χ2n) is 5.00. The first-order valence-electron chi connectivity index (χ1n) is 6.40. The van der Waals surface area contributed by atoms with Gasteiger partial charge in [0.1, 0.15) is 0 Å². The lowest BCUT2D eigenvalue weighted by Gasteiger charge is -2.38. The van der Waals surface area contributed by atoms with Crippen molar-refractivity contribution in [3.8, 4) is 0 Å². The van der Waals surface area contributed by atoms with E-state index in [-0.39, 0.29) is 17.6 Å². The van der Waals surface area contributed by atoms with Crippen molar-refractivity contribution in [3.05, 3.63) is 41.5 Å². The highest BCUT2D eigenvalue weighted by Crippen LogP contribution is 2.22. The predicted molar refractivity (Wildman–Crippen MR) is 70.9 cm³/mol. The van der Waals surface area contributed by atoms with E-state index in [1.165, 1.54) is 10.9 Å². The second-order valence-corrected chi connectivity index (χ2v) is 5.00. The number of carbonyl (C=O) groups excluding carboxylic acids is 1. The van der Waals surface area contributed by atoms with Gasteiger partial charge in [0.05, 0.1) is 17.8 Å². The summed E-state index contributed by atoms with van der Waals surface area (Å²) in [5, 5.41) is 16.1. The molecule has 0 aliphatic carbocycles. The van der Waals surface area contributed by atoms with Crippen LogP contribution in [0.15, 0.2) is 24.7 Å². The molecule has 0 spiro atoms. The second kappa shape index (κ2) is 4.97. The molecule has 0 saturated carbocycles. The summed E-state index contributed by atoms with van der Waals surface area (Å²) in [6.07, 6.45) is 4.61. The number of likely N-dealkylation sites (tertiary alicyclic amines) is 1. The van der Waals surface area contributed by atoms with E-state index in [9.17, 15) is 9.59 Å². The molecule has 0 unspecified atom stereocenters. The molecular weight excluding hydrogens is 274 g/mol. The first kappa shape index (κ1) is 13.2. The van der Waals surface area contributed by atoms with Crippen molar-refractivity contribution in [2.45, 2.75) is 13.0 Å². The Balaban J connectivity index is 1.65. The van der Waals surface area contributed by atoms with Gasteiger partial charge >= 0.3 is 5.97 Å². The molecule has 0 bridgehead atoms. The standard InChI is InChI=1S/C13H13N5O3/c1-8-2-9(4-14-3-8)12(19)17-5-10(6-17)18-7-11(13(20)21)15-16-18/h2-4,7,10H,5-6H2,1H3,(H,20,21). The highest BCUT2D eigenvalue weighted by molar-refractivity contribution is 5.94. The number of pyridine rings is 1. The Hall–Kier alpha value is -2.77. The molecule has 2 aromatic rings. The van der Waals surface area contributed by atoms with Crippen LogP contribution >= 0.6 is 0 Å². The van der Waals surface area contributed by atoms with E-state index in [0.29, 0.717) is 18.7 Å². The zero-order valence-corrected chi connectivity index (χ0v) is 11.3. The number of aromatic nitrogens is 4. The summed E-state index contributed by atoms with van der Waals surface area (Å²) >= 11 is 0. The van der Waals surface area contributed by atoms with Gasteiger partial charge in [-0.1, -0.05) is 5.21 Å². The van der Waals surface area contributed by atoms with Crippen LogP contribution in [0.5, 0.6) is 0 Å². The molecule has 0 atom stereocenters. The smallest absolute Gasteiger partial charge is 0.358 e. The number of carboxylic acid groups (broad SMARTS) is 1. The van der Waals surface area contributed by atoms with Crippen LogP contribution in [0.4, 0.5) is 0 Å². The van der Waals surface area contributed by atoms with Crippen LogP contribution in [0.1, 0.15) is 32.5 Å². The van der Waals surface area contributed by atoms with Gasteiger partial charge in [-0.05, 0) is 18.6 Å². The maximum absolute atomic E-state index is 12.2. The minimum Gasteiger partial charge on any atom is -0.476 e. The lowest BCUT2D eigenvalue weighted by molar-refractivity contribution is 0.0497. The van der Waals surface area contributed by atoms with Crippen LogP contribution < -0.4 is 0 Å². The molecule has 2 aromatic heterocycles. The summed E-state index contributed by atoms with van der Waals surface area (Å²) in [5.74, 6) is -1.19. The molecular formula is C13H13N5O3. The molecule has 1 aliphatic rings. The molecule has 108 valence electrons. The van der Waals surface area contributed by atoms with Crippen LogP contribution in [0.3, 0.4) is 0 Å². The number of aryl methyl sites for hydroxylation is 1. The first-order chi connectivity index (χ1) is 10.0. The Morgan fingerprint density at radius 3 is 2.71 bits per heavy atom. The molecule has 3 rings (SSSR count). The number of aromatic carboxylic acids is 1. The summed E-state index contributed by atoms with van der Waals surface area (Å²) in [4.78, 5) is 28.6. The zero-order chi connectivity index (χ0) is 15.0. The minimum absolute atomic E-state index is 0.0349. The number of amides is 1. The maximum Gasteiger partial charge on any atom is 0.358 e. The van der Waals surface area contributed by atoms with E-state index in [1.54, 1.807) is 23.4 Å². The molecule has 1 aliphatic heterocycles. The van der Waals surface area contributed by atoms with Crippen LogP contribution in [0.25, 0.3) is 0 Å². The van der Waals surface area contributed by atoms with Gasteiger partial charge in [0.25, 0.3) is 5.91 Å². The Labute approximate surface area is 120 Å². The fourth-order valence-corrected chi connectivity index (χ4v) is 2.20. The van der Waals surface area contributed by atoms with Gasteiger partial charge in [0.15, 0.2) is 5.69 Å². The van der Waals surface area contributed by atoms with E-state index >= 15 is 0 Å². The van der Waals surface area contributed by atoms with Crippen molar-refractivity contribution >= 4 is 11.9 Å². The SMILES string of the molecule is Cc1cncc(C(=O)N2CC(n3cc(C(=O)O)nn3)C2)c1. The predicted octanol–water partition coefficient (Wildman–Crippen LogP) is 0.377. The van der Waals surface area contributed by atoms with Gasteiger partial charge in [0.2, 0.25) is 0 Å². The van der Waals surface area contributed by atoms with Crippen molar-refractivity contribution in [2.24, 2.45) is 0 Å². The molecule has 8 heteroatoms. The third-order valence-corrected chi connectivity index (χ3v) is 3.37. The first-order valence-corrected chi connectivity index (χ1v) is 6.40. The zero-order valence-electron chi connectivity index (χ0n) is 11.3. The number of hydrogen-bond donors (Lipinski definition) is 1. The summed E-state index contributed by atoms with van der Waals surface area (Å²) in [6, 6.07) is 1.76. The molecule has 1 N–H and O–H groups in total. The molecule has 1 saturated heterocycles. The van der Waals surface area contributed by atoms with E-state index in [2.05, 4.69) is 15.3 Å². The topological polar surface area (TPSA) is 101 Å². The summed E-state index contributed by atoms with van der Waals surface area (Å²) in [6.45, 7) is 2.84. The monoisotopic (exact) mass is 287 g/mol. The summed E-state index contributed by atoms with van der Waals surface area (Å²) in [5.41, 5.74) is 1.39. The molecule has 21 heavy (non-hydrogen) atoms. The van der Waals surface area contributed by atoms with E-state index in [1.807, 2.05) is 6.92 Å². The molecule has 1 fully saturated rings. The Kier molecular flexibility index (Phi) is 3.13. The summed E-state index contributed by atoms with van der Waals surface area (Å²) in [7, 11) is 0. The maximum atomic E-state index is 12.2. The van der Waals surface area contributed by atoms with E-state index in [4.69, 9.17) is 5.11 Å². The van der Waals surface area contributed by atoms with Crippen LogP contribution in [0.2, 0.25) is 0 Å². The Morgan fingerprint density at radius 1 is 1.33 bits per heavy atom. The van der Waals surface area contributed by atoms with Crippen LogP contribution in [-0.2, 0) is 0 Å². The van der Waals surface area contributed by atoms with Crippen molar-refractivity contribution in [2.75, 3.05) is 13.1 Å². The number of rotatable bonds is 3. The number of nitrogens with zero attached hydrogens (tertiary/aromatic N) is 5. The Bertz CT molecular complexity index is 705. The lowest BCUT2D eigenvalue weighted by Crippen LogP contribution is -2.50. The highest BCUT2D eigenvalue weighted by Gasteiger charge is 2.33. The van der Waals surface area contributed by atoms with Gasteiger partial charge in [-0.3, -0.25) is 9.78 Å². The molecule has 8 nitrogen and oxygen atoms in total. The van der Waals surface area contributed by atoms with Crippen LogP contribution in [-0.4, -0.2) is 55.0 Å². The van der Waals surface area contributed by atoms with Gasteiger partial charge in [-0.2, -0.15) is 0 Å². The largest absolute Gasteiger partial charge is 0.476 e. The molecule has 3 heterocycles. The molecule has 0 radical (unpaired) electrons. The lowest BCUT2D eigenvalue weighted by atomic mass is 10.1. The fourth-order valence-electron chi connectivity index (χ4n) is 2.20. The molecule has 0 aromatic carbocycles. The van der Waals surface area contributed by atoms with Crippen molar-refractivity contribution in [1.29, 1.82) is 0 Å².